The normalized spacial score (nSPS) is 10.3. The highest BCUT2D eigenvalue weighted by Crippen LogP contribution is 2.31. The number of nitrogens with one attached hydrogen (secondary N) is 2. The number of carbonyl (C=O) groups is 1. The van der Waals surface area contributed by atoms with Gasteiger partial charge in [0.05, 0.1) is 34.4 Å². The molecular weight excluding hydrogens is 344 g/mol. The second kappa shape index (κ2) is 9.16. The van der Waals surface area contributed by atoms with Gasteiger partial charge in [-0.15, -0.1) is 35.1 Å². The Morgan fingerprint density at radius 1 is 1.36 bits per heavy atom. The lowest BCUT2D eigenvalue weighted by molar-refractivity contribution is -0.115. The van der Waals surface area contributed by atoms with E-state index < -0.39 is 0 Å². The van der Waals surface area contributed by atoms with Crippen molar-refractivity contribution >= 4 is 46.1 Å². The van der Waals surface area contributed by atoms with Crippen LogP contribution in [0.3, 0.4) is 0 Å². The van der Waals surface area contributed by atoms with E-state index in [4.69, 9.17) is 4.74 Å². The first-order chi connectivity index (χ1) is 10.1. The Hall–Kier alpha value is -1.06. The Morgan fingerprint density at radius 2 is 2.14 bits per heavy atom. The van der Waals surface area contributed by atoms with Crippen LogP contribution in [0.15, 0.2) is 5.38 Å². The molecule has 0 aromatic carbocycles. The topological polar surface area (TPSA) is 76.1 Å². The van der Waals surface area contributed by atoms with Gasteiger partial charge >= 0.3 is 0 Å². The predicted octanol–water partition coefficient (Wildman–Crippen LogP) is 2.48. The van der Waals surface area contributed by atoms with Crippen LogP contribution in [0.1, 0.15) is 10.7 Å². The fraction of sp³-hybridized carbons (Fsp3) is 0.462. The van der Waals surface area contributed by atoms with Gasteiger partial charge in [0.15, 0.2) is 5.13 Å². The smallest absolute Gasteiger partial charge is 0.240 e. The summed E-state index contributed by atoms with van der Waals surface area (Å²) in [7, 11) is 1.63. The molecule has 2 rings (SSSR count). The Labute approximate surface area is 143 Å². The molecule has 0 aliphatic carbocycles. The molecule has 0 spiro atoms. The number of nitrogens with zero attached hydrogens (tertiary/aromatic N) is 2. The summed E-state index contributed by atoms with van der Waals surface area (Å²) in [4.78, 5) is 21.6. The number of aromatic nitrogens is 2. The van der Waals surface area contributed by atoms with Crippen LogP contribution in [0.5, 0.6) is 0 Å². The molecule has 122 valence electrons. The Bertz CT molecular complexity index is 615. The van der Waals surface area contributed by atoms with Crippen molar-refractivity contribution in [3.63, 3.8) is 0 Å². The number of aryl methyl sites for hydroxylation is 2. The number of thiazole rings is 2. The van der Waals surface area contributed by atoms with Gasteiger partial charge in [-0.1, -0.05) is 0 Å². The van der Waals surface area contributed by atoms with E-state index in [2.05, 4.69) is 20.6 Å². The van der Waals surface area contributed by atoms with Gasteiger partial charge in [0.2, 0.25) is 5.91 Å². The molecule has 2 N–H and O–H groups in total. The van der Waals surface area contributed by atoms with E-state index in [9.17, 15) is 4.79 Å². The maximum atomic E-state index is 11.7. The van der Waals surface area contributed by atoms with Crippen molar-refractivity contribution < 1.29 is 9.53 Å². The van der Waals surface area contributed by atoms with Gasteiger partial charge in [-0.2, -0.15) is 0 Å². The lowest BCUT2D eigenvalue weighted by Crippen LogP contribution is -2.30. The number of methoxy groups -OCH3 is 1. The van der Waals surface area contributed by atoms with E-state index in [0.29, 0.717) is 18.3 Å². The number of amides is 1. The standard InChI is InChI=1S/C13H18N4O2S2.ClH/c1-8-12(21-9(2)15-8)10-7-20-13(16-10)17-11(18)6-14-4-5-19-3;/h7,14H,4-6H2,1-3H3,(H,16,17,18);1H. The zero-order valence-electron chi connectivity index (χ0n) is 12.6. The van der Waals surface area contributed by atoms with E-state index in [0.717, 1.165) is 21.3 Å². The molecule has 0 aliphatic rings. The first-order valence-corrected chi connectivity index (χ1v) is 8.19. The van der Waals surface area contributed by atoms with Gasteiger partial charge < -0.3 is 15.4 Å². The van der Waals surface area contributed by atoms with Gasteiger partial charge in [-0.05, 0) is 13.8 Å². The minimum Gasteiger partial charge on any atom is -0.383 e. The summed E-state index contributed by atoms with van der Waals surface area (Å²) in [6.45, 7) is 5.42. The fourth-order valence-corrected chi connectivity index (χ4v) is 3.42. The maximum absolute atomic E-state index is 11.7. The third-order valence-corrected chi connectivity index (χ3v) is 4.51. The number of halogens is 1. The molecule has 6 nitrogen and oxygen atoms in total. The molecule has 0 aliphatic heterocycles. The Morgan fingerprint density at radius 3 is 2.77 bits per heavy atom. The molecular formula is C13H19ClN4O2S2. The molecule has 0 unspecified atom stereocenters. The Kier molecular flexibility index (Phi) is 7.91. The molecule has 0 saturated carbocycles. The summed E-state index contributed by atoms with van der Waals surface area (Å²) in [5.41, 5.74) is 1.84. The van der Waals surface area contributed by atoms with Crippen LogP contribution in [0.2, 0.25) is 0 Å². The first kappa shape index (κ1) is 19.0. The van der Waals surface area contributed by atoms with Crippen molar-refractivity contribution in [3.8, 4) is 10.6 Å². The van der Waals surface area contributed by atoms with E-state index in [1.54, 1.807) is 18.4 Å². The number of hydrogen-bond acceptors (Lipinski definition) is 7. The van der Waals surface area contributed by atoms with Crippen LogP contribution in [-0.2, 0) is 9.53 Å². The average molecular weight is 363 g/mol. The lowest BCUT2D eigenvalue weighted by Gasteiger charge is -2.03. The molecule has 2 aromatic rings. The molecule has 0 bridgehead atoms. The zero-order valence-corrected chi connectivity index (χ0v) is 15.1. The number of hydrogen-bond donors (Lipinski definition) is 2. The molecule has 9 heteroatoms. The highest BCUT2D eigenvalue weighted by Gasteiger charge is 2.12. The van der Waals surface area contributed by atoms with Crippen LogP contribution in [0, 0.1) is 13.8 Å². The molecule has 0 atom stereocenters. The highest BCUT2D eigenvalue weighted by molar-refractivity contribution is 7.16. The zero-order chi connectivity index (χ0) is 15.2. The molecule has 0 radical (unpaired) electrons. The summed E-state index contributed by atoms with van der Waals surface area (Å²) < 4.78 is 4.90. The van der Waals surface area contributed by atoms with E-state index in [1.165, 1.54) is 11.3 Å². The van der Waals surface area contributed by atoms with Crippen molar-refractivity contribution in [1.82, 2.24) is 15.3 Å². The van der Waals surface area contributed by atoms with Gasteiger partial charge in [0, 0.05) is 19.0 Å². The minimum atomic E-state index is -0.107. The van der Waals surface area contributed by atoms with E-state index in [-0.39, 0.29) is 24.9 Å². The largest absolute Gasteiger partial charge is 0.383 e. The van der Waals surface area contributed by atoms with Crippen molar-refractivity contribution in [3.05, 3.63) is 16.1 Å². The Balaban J connectivity index is 0.00000242. The van der Waals surface area contributed by atoms with Crippen LogP contribution in [0.25, 0.3) is 10.6 Å². The SMILES string of the molecule is COCCNCC(=O)Nc1nc(-c2sc(C)nc2C)cs1.Cl. The van der Waals surface area contributed by atoms with Gasteiger partial charge in [-0.3, -0.25) is 4.79 Å². The van der Waals surface area contributed by atoms with Crippen molar-refractivity contribution in [2.45, 2.75) is 13.8 Å². The van der Waals surface area contributed by atoms with Crippen LogP contribution >= 0.6 is 35.1 Å². The van der Waals surface area contributed by atoms with Gasteiger partial charge in [0.1, 0.15) is 0 Å². The first-order valence-electron chi connectivity index (χ1n) is 6.49. The summed E-state index contributed by atoms with van der Waals surface area (Å²) in [6.07, 6.45) is 0. The molecule has 2 heterocycles. The average Bonchev–Trinajstić information content (AvgIpc) is 3.01. The quantitative estimate of drug-likeness (QED) is 0.740. The molecule has 2 aromatic heterocycles. The maximum Gasteiger partial charge on any atom is 0.240 e. The predicted molar refractivity (Wildman–Crippen MR) is 93.3 cm³/mol. The van der Waals surface area contributed by atoms with Crippen LogP contribution in [0.4, 0.5) is 5.13 Å². The molecule has 22 heavy (non-hydrogen) atoms. The van der Waals surface area contributed by atoms with Gasteiger partial charge in [0.25, 0.3) is 0 Å². The van der Waals surface area contributed by atoms with Crippen molar-refractivity contribution in [2.75, 3.05) is 32.1 Å². The second-order valence-electron chi connectivity index (χ2n) is 4.40. The third kappa shape index (κ3) is 5.29. The number of ether oxygens (including phenoxy) is 1. The fourth-order valence-electron chi connectivity index (χ4n) is 1.74. The second-order valence-corrected chi connectivity index (χ2v) is 6.46. The lowest BCUT2D eigenvalue weighted by atomic mass is 10.3. The summed E-state index contributed by atoms with van der Waals surface area (Å²) >= 11 is 3.03. The number of carbonyl (C=O) groups excluding carboxylic acids is 1. The number of rotatable bonds is 7. The van der Waals surface area contributed by atoms with E-state index in [1.807, 2.05) is 19.2 Å². The third-order valence-electron chi connectivity index (χ3n) is 2.66. The van der Waals surface area contributed by atoms with Crippen molar-refractivity contribution in [2.24, 2.45) is 0 Å². The van der Waals surface area contributed by atoms with Crippen LogP contribution in [-0.4, -0.2) is 42.7 Å². The molecule has 0 fully saturated rings. The molecule has 0 saturated heterocycles. The van der Waals surface area contributed by atoms with E-state index >= 15 is 0 Å². The summed E-state index contributed by atoms with van der Waals surface area (Å²) in [5, 5.41) is 9.33. The summed E-state index contributed by atoms with van der Waals surface area (Å²) in [5.74, 6) is -0.107. The monoisotopic (exact) mass is 362 g/mol. The number of anilines is 1. The summed E-state index contributed by atoms with van der Waals surface area (Å²) in [6, 6.07) is 0. The van der Waals surface area contributed by atoms with Crippen LogP contribution < -0.4 is 10.6 Å². The minimum absolute atomic E-state index is 0. The molecule has 1 amide bonds. The van der Waals surface area contributed by atoms with Gasteiger partial charge in [-0.25, -0.2) is 9.97 Å². The highest BCUT2D eigenvalue weighted by atomic mass is 35.5. The van der Waals surface area contributed by atoms with Crippen molar-refractivity contribution in [1.29, 1.82) is 0 Å².